The quantitative estimate of drug-likeness (QED) is 0.527. The molecule has 0 atom stereocenters. The van der Waals surface area contributed by atoms with Crippen molar-refractivity contribution in [3.8, 4) is 5.75 Å². The molecule has 0 saturated heterocycles. The summed E-state index contributed by atoms with van der Waals surface area (Å²) in [5.74, 6) is -1.05. The first-order valence-electron chi connectivity index (χ1n) is 7.61. The van der Waals surface area contributed by atoms with Gasteiger partial charge in [-0.3, -0.25) is 25.2 Å². The Bertz CT molecular complexity index is 728. The Morgan fingerprint density at radius 3 is 2.56 bits per heavy atom. The van der Waals surface area contributed by atoms with Gasteiger partial charge in [-0.15, -0.1) is 0 Å². The number of amides is 3. The minimum Gasteiger partial charge on any atom is -0.496 e. The van der Waals surface area contributed by atoms with Gasteiger partial charge in [-0.2, -0.15) is 0 Å². The van der Waals surface area contributed by atoms with Crippen molar-refractivity contribution in [2.24, 2.45) is 0 Å². The second kappa shape index (κ2) is 9.11. The highest BCUT2D eigenvalue weighted by Crippen LogP contribution is 2.18. The first-order chi connectivity index (χ1) is 12.1. The van der Waals surface area contributed by atoms with Crippen LogP contribution < -0.4 is 20.9 Å². The van der Waals surface area contributed by atoms with Gasteiger partial charge in [-0.25, -0.2) is 0 Å². The van der Waals surface area contributed by atoms with Crippen molar-refractivity contribution in [3.05, 3.63) is 54.0 Å². The molecule has 0 aliphatic carbocycles. The molecule has 0 spiro atoms. The largest absolute Gasteiger partial charge is 0.496 e. The third-order valence-corrected chi connectivity index (χ3v) is 3.34. The Labute approximate surface area is 144 Å². The number of hydrogen-bond acceptors (Lipinski definition) is 5. The second-order valence-electron chi connectivity index (χ2n) is 5.08. The maximum atomic E-state index is 11.8. The van der Waals surface area contributed by atoms with Gasteiger partial charge in [0, 0.05) is 6.42 Å². The summed E-state index contributed by atoms with van der Waals surface area (Å²) < 4.78 is 10.2. The number of methoxy groups -OCH3 is 1. The molecule has 8 nitrogen and oxygen atoms in total. The number of nitrogens with one attached hydrogen (secondary N) is 3. The highest BCUT2D eigenvalue weighted by atomic mass is 16.5. The highest BCUT2D eigenvalue weighted by Gasteiger charge is 2.14. The molecule has 25 heavy (non-hydrogen) atoms. The van der Waals surface area contributed by atoms with Gasteiger partial charge >= 0.3 is 11.8 Å². The Balaban J connectivity index is 1.70. The minimum absolute atomic E-state index is 0.0843. The van der Waals surface area contributed by atoms with Crippen LogP contribution in [0.4, 0.5) is 0 Å². The predicted molar refractivity (Wildman–Crippen MR) is 88.2 cm³/mol. The van der Waals surface area contributed by atoms with E-state index >= 15 is 0 Å². The molecule has 0 aliphatic heterocycles. The predicted octanol–water partition coefficient (Wildman–Crippen LogP) is 0.685. The molecular formula is C17H19N3O5. The first-order valence-corrected chi connectivity index (χ1v) is 7.61. The van der Waals surface area contributed by atoms with Crippen molar-refractivity contribution in [2.75, 3.05) is 7.11 Å². The Hall–Kier alpha value is -3.29. The molecule has 1 heterocycles. The van der Waals surface area contributed by atoms with Crippen molar-refractivity contribution in [1.29, 1.82) is 0 Å². The van der Waals surface area contributed by atoms with Gasteiger partial charge in [-0.1, -0.05) is 18.2 Å². The maximum Gasteiger partial charge on any atom is 0.327 e. The monoisotopic (exact) mass is 345 g/mol. The normalized spacial score (nSPS) is 9.96. The number of hydrazine groups is 1. The summed E-state index contributed by atoms with van der Waals surface area (Å²) in [7, 11) is 1.56. The molecule has 0 unspecified atom stereocenters. The van der Waals surface area contributed by atoms with E-state index in [9.17, 15) is 14.4 Å². The number of para-hydroxylation sites is 1. The average molecular weight is 345 g/mol. The molecule has 0 aliphatic rings. The summed E-state index contributed by atoms with van der Waals surface area (Å²) >= 11 is 0. The van der Waals surface area contributed by atoms with Crippen LogP contribution in [0.25, 0.3) is 0 Å². The number of ether oxygens (including phenoxy) is 1. The van der Waals surface area contributed by atoms with E-state index in [0.717, 1.165) is 5.56 Å². The van der Waals surface area contributed by atoms with Crippen LogP contribution in [-0.2, 0) is 27.3 Å². The fourth-order valence-corrected chi connectivity index (χ4v) is 2.06. The van der Waals surface area contributed by atoms with E-state index < -0.39 is 17.7 Å². The maximum absolute atomic E-state index is 11.8. The Kier molecular flexibility index (Phi) is 6.58. The summed E-state index contributed by atoms with van der Waals surface area (Å²) in [4.78, 5) is 34.9. The fraction of sp³-hybridized carbons (Fsp3) is 0.235. The molecule has 132 valence electrons. The molecule has 1 aromatic heterocycles. The highest BCUT2D eigenvalue weighted by molar-refractivity contribution is 6.35. The third kappa shape index (κ3) is 5.69. The van der Waals surface area contributed by atoms with Crippen LogP contribution in [0.2, 0.25) is 0 Å². The molecule has 0 bridgehead atoms. The number of rotatable bonds is 6. The lowest BCUT2D eigenvalue weighted by Crippen LogP contribution is -2.48. The van der Waals surface area contributed by atoms with Gasteiger partial charge < -0.3 is 14.5 Å². The van der Waals surface area contributed by atoms with Gasteiger partial charge in [0.15, 0.2) is 0 Å². The molecule has 3 N–H and O–H groups in total. The van der Waals surface area contributed by atoms with Crippen LogP contribution in [-0.4, -0.2) is 24.8 Å². The average Bonchev–Trinajstić information content (AvgIpc) is 3.16. The topological polar surface area (TPSA) is 110 Å². The molecule has 2 aromatic rings. The number of carbonyl (C=O) groups is 3. The lowest BCUT2D eigenvalue weighted by molar-refractivity contribution is -0.141. The van der Waals surface area contributed by atoms with Crippen LogP contribution in [0.3, 0.4) is 0 Å². The lowest BCUT2D eigenvalue weighted by Gasteiger charge is -2.09. The van der Waals surface area contributed by atoms with Gasteiger partial charge in [0.1, 0.15) is 11.5 Å². The Morgan fingerprint density at radius 2 is 1.84 bits per heavy atom. The SMILES string of the molecule is COc1ccccc1CCC(=O)NNC(=O)C(=O)NCc1ccco1. The van der Waals surface area contributed by atoms with E-state index in [0.29, 0.717) is 17.9 Å². The molecule has 8 heteroatoms. The van der Waals surface area contributed by atoms with Gasteiger partial charge in [0.05, 0.1) is 19.9 Å². The summed E-state index contributed by atoms with van der Waals surface area (Å²) in [5.41, 5.74) is 5.14. The number of furan rings is 1. The summed E-state index contributed by atoms with van der Waals surface area (Å²) in [6, 6.07) is 10.7. The zero-order chi connectivity index (χ0) is 18.1. The molecule has 3 amide bonds. The molecular weight excluding hydrogens is 326 g/mol. The van der Waals surface area contributed by atoms with Gasteiger partial charge in [0.2, 0.25) is 5.91 Å². The number of aryl methyl sites for hydroxylation is 1. The molecule has 0 fully saturated rings. The molecule has 2 rings (SSSR count). The second-order valence-corrected chi connectivity index (χ2v) is 5.08. The summed E-state index contributed by atoms with van der Waals surface area (Å²) in [6.07, 6.45) is 2.04. The van der Waals surface area contributed by atoms with Crippen LogP contribution in [0.1, 0.15) is 17.7 Å². The molecule has 1 aromatic carbocycles. The van der Waals surface area contributed by atoms with Crippen molar-refractivity contribution in [2.45, 2.75) is 19.4 Å². The van der Waals surface area contributed by atoms with E-state index in [1.165, 1.54) is 6.26 Å². The van der Waals surface area contributed by atoms with Crippen LogP contribution >= 0.6 is 0 Å². The molecule has 0 radical (unpaired) electrons. The van der Waals surface area contributed by atoms with E-state index in [1.807, 2.05) is 18.2 Å². The van der Waals surface area contributed by atoms with Crippen molar-refractivity contribution < 1.29 is 23.5 Å². The smallest absolute Gasteiger partial charge is 0.327 e. The lowest BCUT2D eigenvalue weighted by atomic mass is 10.1. The van der Waals surface area contributed by atoms with Gasteiger partial charge in [0.25, 0.3) is 0 Å². The zero-order valence-electron chi connectivity index (χ0n) is 13.7. The van der Waals surface area contributed by atoms with Crippen molar-refractivity contribution >= 4 is 17.7 Å². The zero-order valence-corrected chi connectivity index (χ0v) is 13.7. The number of hydrogen-bond donors (Lipinski definition) is 3. The first kappa shape index (κ1) is 18.1. The van der Waals surface area contributed by atoms with Crippen LogP contribution in [0, 0.1) is 0 Å². The van der Waals surface area contributed by atoms with E-state index in [2.05, 4.69) is 16.2 Å². The van der Waals surface area contributed by atoms with Crippen molar-refractivity contribution in [3.63, 3.8) is 0 Å². The standard InChI is InChI=1S/C17H19N3O5/c1-24-14-7-3-2-5-12(14)8-9-15(21)19-20-17(23)16(22)18-11-13-6-4-10-25-13/h2-7,10H,8-9,11H2,1H3,(H,18,22)(H,19,21)(H,20,23). The van der Waals surface area contributed by atoms with Crippen LogP contribution in [0.5, 0.6) is 5.75 Å². The third-order valence-electron chi connectivity index (χ3n) is 3.34. The van der Waals surface area contributed by atoms with Crippen molar-refractivity contribution in [1.82, 2.24) is 16.2 Å². The van der Waals surface area contributed by atoms with E-state index in [1.54, 1.807) is 25.3 Å². The Morgan fingerprint density at radius 1 is 1.04 bits per heavy atom. The minimum atomic E-state index is -0.961. The molecule has 0 saturated carbocycles. The summed E-state index contributed by atoms with van der Waals surface area (Å²) in [5, 5.41) is 2.37. The van der Waals surface area contributed by atoms with E-state index in [-0.39, 0.29) is 13.0 Å². The number of benzene rings is 1. The fourth-order valence-electron chi connectivity index (χ4n) is 2.06. The summed E-state index contributed by atoms with van der Waals surface area (Å²) in [6.45, 7) is 0.0843. The van der Waals surface area contributed by atoms with Crippen LogP contribution in [0.15, 0.2) is 47.1 Å². The number of carbonyl (C=O) groups excluding carboxylic acids is 3. The van der Waals surface area contributed by atoms with Gasteiger partial charge in [-0.05, 0) is 30.2 Å². The van der Waals surface area contributed by atoms with E-state index in [4.69, 9.17) is 9.15 Å².